The van der Waals surface area contributed by atoms with Crippen molar-refractivity contribution < 1.29 is 43.4 Å². The van der Waals surface area contributed by atoms with E-state index in [0.29, 0.717) is 0 Å². The highest BCUT2D eigenvalue weighted by molar-refractivity contribution is 7.33. The fourth-order valence-corrected chi connectivity index (χ4v) is 2.01. The van der Waals surface area contributed by atoms with Crippen LogP contribution in [0.25, 0.3) is 0 Å². The number of rotatable bonds is 6. The molecule has 4 N–H and O–H groups in total. The van der Waals surface area contributed by atoms with Gasteiger partial charge in [0, 0.05) is 18.8 Å². The second-order valence-corrected chi connectivity index (χ2v) is 4.46. The average molecular weight is 288 g/mol. The van der Waals surface area contributed by atoms with Crippen molar-refractivity contribution in [3.63, 3.8) is 0 Å². The molecule has 1 aliphatic heterocycles. The lowest BCUT2D eigenvalue weighted by molar-refractivity contribution is -0.297. The molecule has 106 valence electrons. The van der Waals surface area contributed by atoms with Crippen molar-refractivity contribution >= 4 is 8.25 Å². The molecule has 0 spiro atoms. The van der Waals surface area contributed by atoms with Crippen LogP contribution in [0.4, 0.5) is 0 Å². The monoisotopic (exact) mass is 288 g/mol. The lowest BCUT2D eigenvalue weighted by atomic mass is 9.99. The SMILES string of the molecule is COC1OC(CO[P+](=O)O[OH2+])C(OC)C(O)C1O. The summed E-state index contributed by atoms with van der Waals surface area (Å²) < 4.78 is 34.3. The maximum absolute atomic E-state index is 10.8. The third kappa shape index (κ3) is 3.64. The zero-order valence-corrected chi connectivity index (χ0v) is 10.8. The maximum atomic E-state index is 10.8. The van der Waals surface area contributed by atoms with Crippen molar-refractivity contribution in [2.24, 2.45) is 0 Å². The molecule has 9 nitrogen and oxygen atoms in total. The van der Waals surface area contributed by atoms with Crippen LogP contribution in [-0.4, -0.2) is 67.0 Å². The molecule has 0 amide bonds. The minimum Gasteiger partial charge on any atom is -0.387 e. The van der Waals surface area contributed by atoms with Crippen molar-refractivity contribution in [1.82, 2.24) is 0 Å². The largest absolute Gasteiger partial charge is 0.773 e. The van der Waals surface area contributed by atoms with Crippen LogP contribution in [-0.2, 0) is 28.0 Å². The van der Waals surface area contributed by atoms with E-state index in [1.54, 1.807) is 0 Å². The van der Waals surface area contributed by atoms with E-state index in [-0.39, 0.29) is 6.61 Å². The highest BCUT2D eigenvalue weighted by atomic mass is 31.1. The Labute approximate surface area is 104 Å². The van der Waals surface area contributed by atoms with Crippen LogP contribution in [0.1, 0.15) is 0 Å². The van der Waals surface area contributed by atoms with Crippen LogP contribution in [0.5, 0.6) is 0 Å². The van der Waals surface area contributed by atoms with E-state index in [1.807, 2.05) is 0 Å². The zero-order chi connectivity index (χ0) is 13.7. The summed E-state index contributed by atoms with van der Waals surface area (Å²) in [4.78, 5) is 0. The van der Waals surface area contributed by atoms with Gasteiger partial charge in [-0.3, -0.25) is 0 Å². The fourth-order valence-electron chi connectivity index (χ4n) is 1.69. The summed E-state index contributed by atoms with van der Waals surface area (Å²) >= 11 is 0. The predicted molar refractivity (Wildman–Crippen MR) is 56.7 cm³/mol. The van der Waals surface area contributed by atoms with Gasteiger partial charge in [-0.2, -0.15) is 0 Å². The lowest BCUT2D eigenvalue weighted by Crippen LogP contribution is -2.59. The van der Waals surface area contributed by atoms with Gasteiger partial charge in [0.2, 0.25) is 0 Å². The van der Waals surface area contributed by atoms with Crippen molar-refractivity contribution in [3.8, 4) is 0 Å². The molecule has 6 unspecified atom stereocenters. The fraction of sp³-hybridized carbons (Fsp3) is 1.00. The van der Waals surface area contributed by atoms with E-state index in [0.717, 1.165) is 0 Å². The molecule has 0 aromatic heterocycles. The summed E-state index contributed by atoms with van der Waals surface area (Å²) in [6, 6.07) is 0. The second kappa shape index (κ2) is 7.39. The third-order valence-electron chi connectivity index (χ3n) is 2.56. The second-order valence-electron chi connectivity index (χ2n) is 3.57. The van der Waals surface area contributed by atoms with Crippen LogP contribution in [0, 0.1) is 0 Å². The van der Waals surface area contributed by atoms with Crippen LogP contribution in [0.2, 0.25) is 0 Å². The van der Waals surface area contributed by atoms with E-state index in [9.17, 15) is 14.8 Å². The maximum Gasteiger partial charge on any atom is 0.773 e. The smallest absolute Gasteiger partial charge is 0.387 e. The average Bonchev–Trinajstić information content (AvgIpc) is 2.39. The van der Waals surface area contributed by atoms with E-state index in [1.165, 1.54) is 14.2 Å². The molecule has 0 aromatic carbocycles. The van der Waals surface area contributed by atoms with Crippen molar-refractivity contribution in [2.75, 3.05) is 20.8 Å². The number of ether oxygens (including phenoxy) is 3. The van der Waals surface area contributed by atoms with Crippen LogP contribution < -0.4 is 0 Å². The van der Waals surface area contributed by atoms with Crippen molar-refractivity contribution in [3.05, 3.63) is 0 Å². The molecular weight excluding hydrogens is 271 g/mol. The summed E-state index contributed by atoms with van der Waals surface area (Å²) in [5.74, 6) is 0. The molecule has 1 fully saturated rings. The first-order valence-electron chi connectivity index (χ1n) is 5.06. The van der Waals surface area contributed by atoms with Crippen LogP contribution in [0.15, 0.2) is 0 Å². The lowest BCUT2D eigenvalue weighted by Gasteiger charge is -2.40. The molecule has 0 aromatic rings. The molecule has 1 rings (SSSR count). The van der Waals surface area contributed by atoms with Gasteiger partial charge in [-0.05, 0) is 0 Å². The number of hydrogen-bond donors (Lipinski definition) is 2. The topological polar surface area (TPSA) is 127 Å². The van der Waals surface area contributed by atoms with Gasteiger partial charge in [-0.1, -0.05) is 0 Å². The zero-order valence-electron chi connectivity index (χ0n) is 9.88. The molecule has 1 heterocycles. The number of aliphatic hydroxyl groups is 2. The quantitative estimate of drug-likeness (QED) is 0.259. The Bertz CT molecular complexity index is 275. The number of aliphatic hydroxyl groups excluding tert-OH is 2. The minimum atomic E-state index is -2.57. The first kappa shape index (κ1) is 15.8. The number of hydrogen-bond acceptors (Lipinski definition) is 8. The first-order chi connectivity index (χ1) is 8.54. The number of methoxy groups -OCH3 is 2. The summed E-state index contributed by atoms with van der Waals surface area (Å²) in [7, 11) is 0.0541. The highest BCUT2D eigenvalue weighted by Gasteiger charge is 2.46. The summed E-state index contributed by atoms with van der Waals surface area (Å²) in [6.45, 7) is -0.240. The normalized spacial score (nSPS) is 37.6. The molecule has 0 aliphatic carbocycles. The van der Waals surface area contributed by atoms with Crippen LogP contribution >= 0.6 is 8.25 Å². The predicted octanol–water partition coefficient (Wildman–Crippen LogP) is -1.58. The highest BCUT2D eigenvalue weighted by Crippen LogP contribution is 2.28. The Morgan fingerprint density at radius 1 is 1.28 bits per heavy atom. The van der Waals surface area contributed by atoms with Gasteiger partial charge in [-0.15, -0.1) is 4.52 Å². The van der Waals surface area contributed by atoms with E-state index in [2.05, 4.69) is 9.20 Å². The Hall–Kier alpha value is -0.220. The van der Waals surface area contributed by atoms with Gasteiger partial charge >= 0.3 is 8.25 Å². The molecule has 0 saturated carbocycles. The van der Waals surface area contributed by atoms with Crippen LogP contribution in [0.3, 0.4) is 0 Å². The van der Waals surface area contributed by atoms with Gasteiger partial charge in [0.15, 0.2) is 11.0 Å². The molecule has 10 heteroatoms. The molecule has 1 aliphatic rings. The molecule has 18 heavy (non-hydrogen) atoms. The van der Waals surface area contributed by atoms with E-state index < -0.39 is 39.0 Å². The van der Waals surface area contributed by atoms with Crippen molar-refractivity contribution in [2.45, 2.75) is 30.7 Å². The van der Waals surface area contributed by atoms with E-state index >= 15 is 0 Å². The summed E-state index contributed by atoms with van der Waals surface area (Å²) in [6.07, 6.45) is -5.24. The summed E-state index contributed by atoms with van der Waals surface area (Å²) in [5.41, 5.74) is 0. The van der Waals surface area contributed by atoms with Gasteiger partial charge in [0.05, 0.1) is 0 Å². The molecule has 0 radical (unpaired) electrons. The Morgan fingerprint density at radius 3 is 2.44 bits per heavy atom. The van der Waals surface area contributed by atoms with Gasteiger partial charge in [0.25, 0.3) is 0 Å². The van der Waals surface area contributed by atoms with E-state index in [4.69, 9.17) is 19.5 Å². The molecule has 1 saturated heterocycles. The van der Waals surface area contributed by atoms with Gasteiger partial charge in [0.1, 0.15) is 31.0 Å². The van der Waals surface area contributed by atoms with Gasteiger partial charge in [-0.25, -0.2) is 5.26 Å². The standard InChI is InChI=1S/C8H15O9P/c1-13-7-4(3-15-18(12)17-11)16-8(14-2)6(10)5(7)9/h4-10H,3H2,1-2H3/p+2. The third-order valence-corrected chi connectivity index (χ3v) is 3.07. The van der Waals surface area contributed by atoms with Gasteiger partial charge < -0.3 is 24.4 Å². The summed E-state index contributed by atoms with van der Waals surface area (Å²) in [5, 5.41) is 25.8. The first-order valence-corrected chi connectivity index (χ1v) is 6.15. The molecule has 0 bridgehead atoms. The molecular formula is C8H17O9P+2. The Balaban J connectivity index is 2.65. The molecule has 6 atom stereocenters. The Kier molecular flexibility index (Phi) is 6.50. The minimum absolute atomic E-state index is 0.240. The Morgan fingerprint density at radius 2 is 1.94 bits per heavy atom. The van der Waals surface area contributed by atoms with Crippen molar-refractivity contribution in [1.29, 1.82) is 0 Å².